The van der Waals surface area contributed by atoms with Crippen LogP contribution in [0.15, 0.2) is 18.2 Å². The molecule has 0 spiro atoms. The Kier molecular flexibility index (Phi) is 5.90. The monoisotopic (exact) mass is 313 g/mol. The van der Waals surface area contributed by atoms with Gasteiger partial charge in [-0.2, -0.15) is 0 Å². The zero-order valence-electron chi connectivity index (χ0n) is 12.7. The second-order valence-electron chi connectivity index (χ2n) is 6.25. The molecule has 3 nitrogen and oxygen atoms in total. The lowest BCUT2D eigenvalue weighted by molar-refractivity contribution is 0.191. The van der Waals surface area contributed by atoms with Crippen LogP contribution in [-0.4, -0.2) is 33.3 Å². The van der Waals surface area contributed by atoms with Crippen LogP contribution in [0.25, 0.3) is 0 Å². The second kappa shape index (κ2) is 7.47. The Morgan fingerprint density at radius 3 is 2.62 bits per heavy atom. The van der Waals surface area contributed by atoms with E-state index in [0.29, 0.717) is 17.0 Å². The smallest absolute Gasteiger partial charge is 0.157 e. The molecule has 0 saturated carbocycles. The normalized spacial score (nSPS) is 19.1. The van der Waals surface area contributed by atoms with Gasteiger partial charge in [0.25, 0.3) is 0 Å². The first-order valence-corrected chi connectivity index (χ1v) is 8.82. The highest BCUT2D eigenvalue weighted by Crippen LogP contribution is 2.31. The topological polar surface area (TPSA) is 40.5 Å². The van der Waals surface area contributed by atoms with Gasteiger partial charge in [-0.15, -0.1) is 0 Å². The largest absolute Gasteiger partial charge is 0.306 e. The minimum atomic E-state index is -2.00. The van der Waals surface area contributed by atoms with Crippen LogP contribution in [0.5, 0.6) is 0 Å². The van der Waals surface area contributed by atoms with Crippen molar-refractivity contribution in [2.45, 2.75) is 38.4 Å². The molecule has 1 aliphatic heterocycles. The van der Waals surface area contributed by atoms with Crippen molar-refractivity contribution in [2.24, 2.45) is 5.92 Å². The number of rotatable bonds is 5. The third kappa shape index (κ3) is 4.59. The molecular weight excluding hydrogens is 289 g/mol. The molecular formula is C16H24FNO2S. The molecule has 1 atom stereocenters. The Hall–Kier alpha value is -0.780. The summed E-state index contributed by atoms with van der Waals surface area (Å²) in [5.74, 6) is 0.454. The lowest BCUT2D eigenvalue weighted by atomic mass is 9.88. The molecule has 1 aromatic carbocycles. The number of hydrogen-bond donors (Lipinski definition) is 1. The molecule has 1 unspecified atom stereocenters. The zero-order chi connectivity index (χ0) is 15.4. The summed E-state index contributed by atoms with van der Waals surface area (Å²) in [6, 6.07) is 5.21. The molecule has 0 aromatic heterocycles. The fourth-order valence-electron chi connectivity index (χ4n) is 3.10. The standard InChI is InChI=1S/C16H24FNO2S/c1-12(2)10-18-8-6-13(7-9-18)15-5-3-4-14(16(15)17)11-21(19)20/h3-5,12-13H,6-11H2,1-2H3,(H,19,20). The van der Waals surface area contributed by atoms with Crippen LogP contribution in [0.2, 0.25) is 0 Å². The summed E-state index contributed by atoms with van der Waals surface area (Å²) >= 11 is -2.00. The fraction of sp³-hybridized carbons (Fsp3) is 0.625. The Bertz CT molecular complexity index is 499. The molecule has 1 saturated heterocycles. The van der Waals surface area contributed by atoms with E-state index in [1.54, 1.807) is 12.1 Å². The maximum Gasteiger partial charge on any atom is 0.157 e. The Labute approximate surface area is 128 Å². The van der Waals surface area contributed by atoms with Crippen LogP contribution in [0, 0.1) is 11.7 Å². The first kappa shape index (κ1) is 16.6. The van der Waals surface area contributed by atoms with Crippen molar-refractivity contribution in [1.82, 2.24) is 4.90 Å². The first-order chi connectivity index (χ1) is 9.97. The Balaban J connectivity index is 2.05. The zero-order valence-corrected chi connectivity index (χ0v) is 13.5. The number of benzene rings is 1. The molecule has 0 aliphatic carbocycles. The van der Waals surface area contributed by atoms with Crippen LogP contribution in [0.3, 0.4) is 0 Å². The van der Waals surface area contributed by atoms with E-state index < -0.39 is 11.1 Å². The van der Waals surface area contributed by atoms with Crippen molar-refractivity contribution in [1.29, 1.82) is 0 Å². The predicted molar refractivity (Wildman–Crippen MR) is 84.1 cm³/mol. The van der Waals surface area contributed by atoms with Gasteiger partial charge in [-0.25, -0.2) is 8.60 Å². The Morgan fingerprint density at radius 2 is 2.05 bits per heavy atom. The third-order valence-electron chi connectivity index (χ3n) is 4.04. The van der Waals surface area contributed by atoms with Gasteiger partial charge in [0.15, 0.2) is 11.1 Å². The summed E-state index contributed by atoms with van der Waals surface area (Å²) < 4.78 is 34.3. The maximum absolute atomic E-state index is 14.5. The van der Waals surface area contributed by atoms with Gasteiger partial charge in [0, 0.05) is 12.1 Å². The first-order valence-electron chi connectivity index (χ1n) is 7.54. The van der Waals surface area contributed by atoms with Crippen molar-refractivity contribution >= 4 is 11.1 Å². The minimum Gasteiger partial charge on any atom is -0.306 e. The van der Waals surface area contributed by atoms with Crippen LogP contribution in [0.4, 0.5) is 4.39 Å². The highest BCUT2D eigenvalue weighted by atomic mass is 32.2. The van der Waals surface area contributed by atoms with E-state index in [-0.39, 0.29) is 17.5 Å². The van der Waals surface area contributed by atoms with Crippen molar-refractivity contribution in [3.05, 3.63) is 35.1 Å². The molecule has 5 heteroatoms. The van der Waals surface area contributed by atoms with E-state index in [2.05, 4.69) is 18.7 Å². The van der Waals surface area contributed by atoms with E-state index >= 15 is 0 Å². The van der Waals surface area contributed by atoms with Gasteiger partial charge in [0.05, 0.1) is 5.75 Å². The van der Waals surface area contributed by atoms with Crippen LogP contribution in [-0.2, 0) is 16.8 Å². The molecule has 1 fully saturated rings. The molecule has 0 radical (unpaired) electrons. The number of halogens is 1. The molecule has 0 amide bonds. The quantitative estimate of drug-likeness (QED) is 0.847. The van der Waals surface area contributed by atoms with Gasteiger partial charge in [-0.1, -0.05) is 32.0 Å². The summed E-state index contributed by atoms with van der Waals surface area (Å²) in [4.78, 5) is 2.44. The SMILES string of the molecule is CC(C)CN1CCC(c2cccc(CS(=O)O)c2F)CC1. The predicted octanol–water partition coefficient (Wildman–Crippen LogP) is 3.38. The van der Waals surface area contributed by atoms with Crippen molar-refractivity contribution in [3.63, 3.8) is 0 Å². The van der Waals surface area contributed by atoms with Gasteiger partial charge in [-0.05, 0) is 43.3 Å². The fourth-order valence-corrected chi connectivity index (χ4v) is 3.59. The average molecular weight is 313 g/mol. The molecule has 118 valence electrons. The molecule has 2 rings (SSSR count). The Morgan fingerprint density at radius 1 is 1.38 bits per heavy atom. The van der Waals surface area contributed by atoms with Crippen LogP contribution >= 0.6 is 0 Å². The summed E-state index contributed by atoms with van der Waals surface area (Å²) in [6.07, 6.45) is 1.91. The molecule has 1 heterocycles. The molecule has 1 aliphatic rings. The van der Waals surface area contributed by atoms with E-state index in [9.17, 15) is 8.60 Å². The summed E-state index contributed by atoms with van der Waals surface area (Å²) in [7, 11) is 0. The number of likely N-dealkylation sites (tertiary alicyclic amines) is 1. The molecule has 1 N–H and O–H groups in total. The van der Waals surface area contributed by atoms with Crippen molar-refractivity contribution in [3.8, 4) is 0 Å². The third-order valence-corrected chi connectivity index (χ3v) is 4.60. The van der Waals surface area contributed by atoms with Gasteiger partial charge in [0.2, 0.25) is 0 Å². The number of piperidine rings is 1. The van der Waals surface area contributed by atoms with E-state index in [1.165, 1.54) is 0 Å². The van der Waals surface area contributed by atoms with Gasteiger partial charge in [-0.3, -0.25) is 0 Å². The van der Waals surface area contributed by atoms with Crippen LogP contribution in [0.1, 0.15) is 43.7 Å². The number of nitrogens with zero attached hydrogens (tertiary/aromatic N) is 1. The van der Waals surface area contributed by atoms with Gasteiger partial charge >= 0.3 is 0 Å². The highest BCUT2D eigenvalue weighted by Gasteiger charge is 2.24. The summed E-state index contributed by atoms with van der Waals surface area (Å²) in [5.41, 5.74) is 1.06. The lowest BCUT2D eigenvalue weighted by Gasteiger charge is -2.33. The minimum absolute atomic E-state index is 0.133. The maximum atomic E-state index is 14.5. The second-order valence-corrected chi connectivity index (χ2v) is 7.19. The summed E-state index contributed by atoms with van der Waals surface area (Å²) in [5, 5.41) is 0. The van der Waals surface area contributed by atoms with Gasteiger partial charge < -0.3 is 9.45 Å². The van der Waals surface area contributed by atoms with E-state index in [0.717, 1.165) is 32.5 Å². The molecule has 0 bridgehead atoms. The van der Waals surface area contributed by atoms with E-state index in [4.69, 9.17) is 4.55 Å². The molecule has 1 aromatic rings. The summed E-state index contributed by atoms with van der Waals surface area (Å²) in [6.45, 7) is 7.52. The van der Waals surface area contributed by atoms with Crippen molar-refractivity contribution in [2.75, 3.05) is 19.6 Å². The van der Waals surface area contributed by atoms with E-state index in [1.807, 2.05) is 6.07 Å². The van der Waals surface area contributed by atoms with Crippen molar-refractivity contribution < 1.29 is 13.2 Å². The molecule has 21 heavy (non-hydrogen) atoms. The lowest BCUT2D eigenvalue weighted by Crippen LogP contribution is -2.35. The average Bonchev–Trinajstić information content (AvgIpc) is 2.41. The van der Waals surface area contributed by atoms with Crippen LogP contribution < -0.4 is 0 Å². The van der Waals surface area contributed by atoms with Gasteiger partial charge in [0.1, 0.15) is 5.82 Å². The number of hydrogen-bond acceptors (Lipinski definition) is 2. The highest BCUT2D eigenvalue weighted by molar-refractivity contribution is 7.78.